The molecule has 24 heavy (non-hydrogen) atoms. The second kappa shape index (κ2) is 10.0. The third kappa shape index (κ3) is 6.27. The molecule has 2 aromatic heterocycles. The Bertz CT molecular complexity index is 640. The first-order valence-electron chi connectivity index (χ1n) is 7.74. The van der Waals surface area contributed by atoms with Crippen LogP contribution in [-0.4, -0.2) is 41.8 Å². The van der Waals surface area contributed by atoms with Gasteiger partial charge in [0.2, 0.25) is 0 Å². The standard InChI is InChI=1S/C17H21N3O3S/c1-3-22-10-11-23-13(2)17(21)20-14-7-9-19-16(12-14)24-15-6-4-5-8-18-15/h4-9,12-13H,3,10-11H2,1-2H3,(H,19,20,21)/t13-/m1/s1. The van der Waals surface area contributed by atoms with E-state index in [4.69, 9.17) is 9.47 Å². The first-order valence-corrected chi connectivity index (χ1v) is 8.56. The number of ether oxygens (including phenoxy) is 2. The summed E-state index contributed by atoms with van der Waals surface area (Å²) < 4.78 is 10.6. The van der Waals surface area contributed by atoms with Gasteiger partial charge in [0.25, 0.3) is 5.91 Å². The quantitative estimate of drug-likeness (QED) is 0.703. The lowest BCUT2D eigenvalue weighted by molar-refractivity contribution is -0.127. The van der Waals surface area contributed by atoms with Gasteiger partial charge in [-0.2, -0.15) is 0 Å². The van der Waals surface area contributed by atoms with Crippen LogP contribution in [-0.2, 0) is 14.3 Å². The minimum Gasteiger partial charge on any atom is -0.379 e. The van der Waals surface area contributed by atoms with Crippen LogP contribution in [0, 0.1) is 0 Å². The molecule has 0 unspecified atom stereocenters. The lowest BCUT2D eigenvalue weighted by Crippen LogP contribution is -2.28. The first kappa shape index (κ1) is 18.4. The van der Waals surface area contributed by atoms with Crippen LogP contribution in [0.5, 0.6) is 0 Å². The molecule has 2 rings (SSSR count). The fourth-order valence-electron chi connectivity index (χ4n) is 1.81. The second-order valence-corrected chi connectivity index (χ2v) is 5.89. The van der Waals surface area contributed by atoms with Gasteiger partial charge in [-0.1, -0.05) is 17.8 Å². The van der Waals surface area contributed by atoms with E-state index in [9.17, 15) is 4.79 Å². The molecular weight excluding hydrogens is 326 g/mol. The van der Waals surface area contributed by atoms with Crippen LogP contribution in [0.2, 0.25) is 0 Å². The molecule has 7 heteroatoms. The lowest BCUT2D eigenvalue weighted by Gasteiger charge is -2.13. The Morgan fingerprint density at radius 1 is 1.21 bits per heavy atom. The average Bonchev–Trinajstić information content (AvgIpc) is 2.59. The molecule has 6 nitrogen and oxygen atoms in total. The Hall–Kier alpha value is -1.96. The summed E-state index contributed by atoms with van der Waals surface area (Å²) in [5.41, 5.74) is 0.675. The number of pyridine rings is 2. The van der Waals surface area contributed by atoms with Crippen molar-refractivity contribution in [3.8, 4) is 0 Å². The summed E-state index contributed by atoms with van der Waals surface area (Å²) in [6.45, 7) is 5.14. The minimum atomic E-state index is -0.550. The highest BCUT2D eigenvalue weighted by Crippen LogP contribution is 2.25. The van der Waals surface area contributed by atoms with E-state index in [0.717, 1.165) is 10.1 Å². The molecule has 0 aliphatic heterocycles. The Labute approximate surface area is 146 Å². The van der Waals surface area contributed by atoms with Crippen LogP contribution in [0.3, 0.4) is 0 Å². The van der Waals surface area contributed by atoms with Crippen molar-refractivity contribution in [2.45, 2.75) is 30.0 Å². The van der Waals surface area contributed by atoms with Crippen molar-refractivity contribution in [1.82, 2.24) is 9.97 Å². The maximum absolute atomic E-state index is 12.1. The van der Waals surface area contributed by atoms with E-state index in [1.54, 1.807) is 25.4 Å². The third-order valence-corrected chi connectivity index (χ3v) is 3.90. The molecule has 0 radical (unpaired) electrons. The number of aromatic nitrogens is 2. The van der Waals surface area contributed by atoms with Gasteiger partial charge in [0.05, 0.1) is 13.2 Å². The highest BCUT2D eigenvalue weighted by Gasteiger charge is 2.13. The molecule has 0 saturated carbocycles. The molecular formula is C17H21N3O3S. The smallest absolute Gasteiger partial charge is 0.253 e. The summed E-state index contributed by atoms with van der Waals surface area (Å²) in [6.07, 6.45) is 2.84. The van der Waals surface area contributed by atoms with Gasteiger partial charge in [-0.15, -0.1) is 0 Å². The lowest BCUT2D eigenvalue weighted by atomic mass is 10.3. The number of hydrogen-bond acceptors (Lipinski definition) is 6. The number of amides is 1. The van der Waals surface area contributed by atoms with Crippen LogP contribution in [0.1, 0.15) is 13.8 Å². The topological polar surface area (TPSA) is 73.3 Å². The van der Waals surface area contributed by atoms with E-state index >= 15 is 0 Å². The van der Waals surface area contributed by atoms with Crippen molar-refractivity contribution in [2.24, 2.45) is 0 Å². The molecule has 2 aromatic rings. The minimum absolute atomic E-state index is 0.202. The molecule has 1 N–H and O–H groups in total. The van der Waals surface area contributed by atoms with Gasteiger partial charge in [0.1, 0.15) is 16.2 Å². The summed E-state index contributed by atoms with van der Waals surface area (Å²) in [5, 5.41) is 4.44. The fraction of sp³-hybridized carbons (Fsp3) is 0.353. The molecule has 2 heterocycles. The van der Waals surface area contributed by atoms with Crippen LogP contribution in [0.15, 0.2) is 52.8 Å². The molecule has 0 saturated heterocycles. The van der Waals surface area contributed by atoms with Crippen LogP contribution in [0.4, 0.5) is 5.69 Å². The largest absolute Gasteiger partial charge is 0.379 e. The molecule has 0 fully saturated rings. The van der Waals surface area contributed by atoms with E-state index in [2.05, 4.69) is 15.3 Å². The van der Waals surface area contributed by atoms with Gasteiger partial charge in [-0.3, -0.25) is 4.79 Å². The number of rotatable bonds is 9. The molecule has 1 atom stereocenters. The maximum atomic E-state index is 12.1. The maximum Gasteiger partial charge on any atom is 0.253 e. The number of nitrogens with one attached hydrogen (secondary N) is 1. The summed E-state index contributed by atoms with van der Waals surface area (Å²) in [4.78, 5) is 20.7. The monoisotopic (exact) mass is 347 g/mol. The second-order valence-electron chi connectivity index (χ2n) is 4.85. The van der Waals surface area contributed by atoms with Crippen LogP contribution < -0.4 is 5.32 Å². The molecule has 128 valence electrons. The van der Waals surface area contributed by atoms with Gasteiger partial charge >= 0.3 is 0 Å². The zero-order chi connectivity index (χ0) is 17.2. The van der Waals surface area contributed by atoms with E-state index in [-0.39, 0.29) is 5.91 Å². The molecule has 0 aliphatic carbocycles. The Balaban J connectivity index is 1.88. The number of nitrogens with zero attached hydrogens (tertiary/aromatic N) is 2. The highest BCUT2D eigenvalue weighted by molar-refractivity contribution is 7.99. The van der Waals surface area contributed by atoms with Gasteiger partial charge in [-0.25, -0.2) is 9.97 Å². The van der Waals surface area contributed by atoms with Crippen molar-refractivity contribution in [3.63, 3.8) is 0 Å². The van der Waals surface area contributed by atoms with Gasteiger partial charge in [-0.05, 0) is 38.1 Å². The summed E-state index contributed by atoms with van der Waals surface area (Å²) in [6, 6.07) is 9.24. The fourth-order valence-corrected chi connectivity index (χ4v) is 2.58. The summed E-state index contributed by atoms with van der Waals surface area (Å²) >= 11 is 1.44. The third-order valence-electron chi connectivity index (χ3n) is 3.02. The normalized spacial score (nSPS) is 11.9. The Morgan fingerprint density at radius 3 is 2.79 bits per heavy atom. The number of carbonyl (C=O) groups is 1. The van der Waals surface area contributed by atoms with Gasteiger partial charge < -0.3 is 14.8 Å². The van der Waals surface area contributed by atoms with Crippen molar-refractivity contribution in [1.29, 1.82) is 0 Å². The molecule has 0 spiro atoms. The van der Waals surface area contributed by atoms with Crippen molar-refractivity contribution in [3.05, 3.63) is 42.7 Å². The van der Waals surface area contributed by atoms with Gasteiger partial charge in [0, 0.05) is 24.7 Å². The highest BCUT2D eigenvalue weighted by atomic mass is 32.2. The summed E-state index contributed by atoms with van der Waals surface area (Å²) in [5.74, 6) is -0.202. The van der Waals surface area contributed by atoms with E-state index < -0.39 is 6.10 Å². The Kier molecular flexibility index (Phi) is 7.67. The number of anilines is 1. The van der Waals surface area contributed by atoms with Crippen LogP contribution in [0.25, 0.3) is 0 Å². The predicted octanol–water partition coefficient (Wildman–Crippen LogP) is 3.01. The molecule has 0 bridgehead atoms. The molecule has 0 aliphatic rings. The molecule has 0 aromatic carbocycles. The van der Waals surface area contributed by atoms with Gasteiger partial charge in [0.15, 0.2) is 0 Å². The average molecular weight is 347 g/mol. The molecule has 1 amide bonds. The number of hydrogen-bond donors (Lipinski definition) is 1. The zero-order valence-electron chi connectivity index (χ0n) is 13.8. The van der Waals surface area contributed by atoms with Crippen LogP contribution >= 0.6 is 11.8 Å². The van der Waals surface area contributed by atoms with Crippen molar-refractivity contribution < 1.29 is 14.3 Å². The summed E-state index contributed by atoms with van der Waals surface area (Å²) in [7, 11) is 0. The Morgan fingerprint density at radius 2 is 2.04 bits per heavy atom. The predicted molar refractivity (Wildman–Crippen MR) is 93.1 cm³/mol. The van der Waals surface area contributed by atoms with Crippen molar-refractivity contribution in [2.75, 3.05) is 25.1 Å². The van der Waals surface area contributed by atoms with E-state index in [1.807, 2.05) is 31.2 Å². The van der Waals surface area contributed by atoms with Crippen molar-refractivity contribution >= 4 is 23.4 Å². The van der Waals surface area contributed by atoms with E-state index in [1.165, 1.54) is 11.8 Å². The zero-order valence-corrected chi connectivity index (χ0v) is 14.6. The van der Waals surface area contributed by atoms with E-state index in [0.29, 0.717) is 25.5 Å². The number of carbonyl (C=O) groups excluding carboxylic acids is 1. The first-order chi connectivity index (χ1) is 11.7. The SMILES string of the molecule is CCOCCO[C@H](C)C(=O)Nc1ccnc(Sc2ccccn2)c1.